The Labute approximate surface area is 147 Å². The molecule has 0 aromatic heterocycles. The smallest absolute Gasteiger partial charge is 0.173 e. The molecule has 3 nitrogen and oxygen atoms in total. The van der Waals surface area contributed by atoms with Crippen molar-refractivity contribution in [1.29, 1.82) is 0 Å². The summed E-state index contributed by atoms with van der Waals surface area (Å²) in [7, 11) is 2.27. The van der Waals surface area contributed by atoms with E-state index < -0.39 is 0 Å². The summed E-state index contributed by atoms with van der Waals surface area (Å²) in [4.78, 5) is 4.86. The minimum absolute atomic E-state index is 0.712. The van der Waals surface area contributed by atoms with E-state index in [1.165, 1.54) is 37.8 Å². The van der Waals surface area contributed by atoms with Crippen LogP contribution in [0, 0.1) is 0 Å². The maximum Gasteiger partial charge on any atom is 0.173 e. The van der Waals surface area contributed by atoms with Crippen LogP contribution in [0.15, 0.2) is 24.3 Å². The van der Waals surface area contributed by atoms with Crippen LogP contribution in [0.5, 0.6) is 0 Å². The summed E-state index contributed by atoms with van der Waals surface area (Å²) >= 11 is 5.64. The van der Waals surface area contributed by atoms with Gasteiger partial charge < -0.3 is 15.1 Å². The third kappa shape index (κ3) is 5.18. The molecular weight excluding hydrogens is 302 g/mol. The van der Waals surface area contributed by atoms with Crippen LogP contribution < -0.4 is 5.32 Å². The van der Waals surface area contributed by atoms with Gasteiger partial charge in [-0.3, -0.25) is 0 Å². The number of thiocarbonyl (C=S) groups is 1. The van der Waals surface area contributed by atoms with E-state index in [2.05, 4.69) is 60.3 Å². The Bertz CT molecular complexity index is 495. The van der Waals surface area contributed by atoms with Crippen LogP contribution in [0.4, 0.5) is 5.69 Å². The molecule has 0 amide bonds. The first-order valence-electron chi connectivity index (χ1n) is 8.99. The van der Waals surface area contributed by atoms with Crippen LogP contribution in [-0.4, -0.2) is 47.6 Å². The van der Waals surface area contributed by atoms with Gasteiger partial charge in [0.2, 0.25) is 0 Å². The van der Waals surface area contributed by atoms with E-state index in [1.54, 1.807) is 0 Å². The van der Waals surface area contributed by atoms with Crippen molar-refractivity contribution in [2.24, 2.45) is 0 Å². The van der Waals surface area contributed by atoms with Gasteiger partial charge in [0.15, 0.2) is 5.11 Å². The van der Waals surface area contributed by atoms with Crippen molar-refractivity contribution in [3.05, 3.63) is 29.8 Å². The molecule has 1 N–H and O–H groups in total. The number of unbranched alkanes of at least 4 members (excludes halogenated alkanes) is 1. The summed E-state index contributed by atoms with van der Waals surface area (Å²) in [6, 6.07) is 9.16. The highest BCUT2D eigenvalue weighted by atomic mass is 32.1. The van der Waals surface area contributed by atoms with E-state index in [4.69, 9.17) is 12.2 Å². The summed E-state index contributed by atoms with van der Waals surface area (Å²) < 4.78 is 0. The number of rotatable bonds is 6. The normalized spacial score (nSPS) is 15.9. The Morgan fingerprint density at radius 3 is 2.61 bits per heavy atom. The second-order valence-electron chi connectivity index (χ2n) is 6.49. The Morgan fingerprint density at radius 1 is 1.26 bits per heavy atom. The summed E-state index contributed by atoms with van der Waals surface area (Å²) in [5.74, 6) is 0. The number of anilines is 1. The molecule has 1 heterocycles. The van der Waals surface area contributed by atoms with E-state index in [-0.39, 0.29) is 0 Å². The minimum Gasteiger partial charge on any atom is -0.349 e. The van der Waals surface area contributed by atoms with Gasteiger partial charge in [-0.15, -0.1) is 0 Å². The van der Waals surface area contributed by atoms with Crippen molar-refractivity contribution in [1.82, 2.24) is 9.80 Å². The fourth-order valence-electron chi connectivity index (χ4n) is 3.24. The Morgan fingerprint density at radius 2 is 1.96 bits per heavy atom. The predicted octanol–water partition coefficient (Wildman–Crippen LogP) is 4.14. The molecular formula is C19H31N3S. The molecule has 128 valence electrons. The molecule has 0 atom stereocenters. The van der Waals surface area contributed by atoms with E-state index in [0.29, 0.717) is 6.04 Å². The summed E-state index contributed by atoms with van der Waals surface area (Å²) in [6.45, 7) is 7.77. The van der Waals surface area contributed by atoms with Gasteiger partial charge in [-0.2, -0.15) is 0 Å². The van der Waals surface area contributed by atoms with Gasteiger partial charge in [-0.25, -0.2) is 0 Å². The highest BCUT2D eigenvalue weighted by Gasteiger charge is 2.23. The number of benzene rings is 1. The molecule has 1 saturated heterocycles. The molecule has 23 heavy (non-hydrogen) atoms. The van der Waals surface area contributed by atoms with E-state index in [1.807, 2.05) is 0 Å². The van der Waals surface area contributed by atoms with E-state index >= 15 is 0 Å². The molecule has 1 aromatic rings. The minimum atomic E-state index is 0.712. The van der Waals surface area contributed by atoms with Crippen LogP contribution in [0.2, 0.25) is 0 Å². The Hall–Kier alpha value is -1.13. The Balaban J connectivity index is 1.84. The summed E-state index contributed by atoms with van der Waals surface area (Å²) in [5.41, 5.74) is 2.48. The van der Waals surface area contributed by atoms with Crippen molar-refractivity contribution >= 4 is 23.0 Å². The van der Waals surface area contributed by atoms with Gasteiger partial charge in [-0.05, 0) is 63.1 Å². The predicted molar refractivity (Wildman–Crippen MR) is 104 cm³/mol. The van der Waals surface area contributed by atoms with Gasteiger partial charge in [-0.1, -0.05) is 38.5 Å². The maximum atomic E-state index is 5.64. The molecule has 0 saturated carbocycles. The SMILES string of the molecule is CCCCN(C)C1CCN(C(=S)Nc2ccccc2CC)CC1. The van der Waals surface area contributed by atoms with Gasteiger partial charge >= 0.3 is 0 Å². The first kappa shape index (κ1) is 18.2. The molecule has 1 aliphatic rings. The lowest BCUT2D eigenvalue weighted by Gasteiger charge is -2.38. The van der Waals surface area contributed by atoms with Crippen molar-refractivity contribution in [2.45, 2.75) is 52.0 Å². The average Bonchev–Trinajstić information content (AvgIpc) is 2.60. The second kappa shape index (κ2) is 9.24. The zero-order valence-corrected chi connectivity index (χ0v) is 15.7. The number of piperidine rings is 1. The average molecular weight is 334 g/mol. The van der Waals surface area contributed by atoms with Gasteiger partial charge in [0, 0.05) is 24.8 Å². The van der Waals surface area contributed by atoms with Crippen molar-refractivity contribution in [3.63, 3.8) is 0 Å². The number of para-hydroxylation sites is 1. The third-order valence-corrected chi connectivity index (χ3v) is 5.24. The molecule has 0 unspecified atom stereocenters. The number of nitrogens with zero attached hydrogens (tertiary/aromatic N) is 2. The molecule has 2 rings (SSSR count). The third-order valence-electron chi connectivity index (χ3n) is 4.88. The monoisotopic (exact) mass is 333 g/mol. The quantitative estimate of drug-likeness (QED) is 0.788. The fraction of sp³-hybridized carbons (Fsp3) is 0.632. The van der Waals surface area contributed by atoms with Crippen molar-refractivity contribution in [3.8, 4) is 0 Å². The number of hydrogen-bond acceptors (Lipinski definition) is 2. The molecule has 0 radical (unpaired) electrons. The number of hydrogen-bond donors (Lipinski definition) is 1. The van der Waals surface area contributed by atoms with E-state index in [9.17, 15) is 0 Å². The molecule has 1 fully saturated rings. The lowest BCUT2D eigenvalue weighted by atomic mass is 10.0. The summed E-state index contributed by atoms with van der Waals surface area (Å²) in [5, 5.41) is 4.33. The van der Waals surface area contributed by atoms with Crippen LogP contribution in [-0.2, 0) is 6.42 Å². The molecule has 0 aliphatic carbocycles. The van der Waals surface area contributed by atoms with Gasteiger partial charge in [0.25, 0.3) is 0 Å². The Kier molecular flexibility index (Phi) is 7.31. The van der Waals surface area contributed by atoms with Crippen LogP contribution in [0.1, 0.15) is 45.1 Å². The highest BCUT2D eigenvalue weighted by Crippen LogP contribution is 2.19. The first-order valence-corrected chi connectivity index (χ1v) is 9.40. The summed E-state index contributed by atoms with van der Waals surface area (Å²) in [6.07, 6.45) is 6.00. The second-order valence-corrected chi connectivity index (χ2v) is 6.88. The van der Waals surface area contributed by atoms with Crippen LogP contribution in [0.25, 0.3) is 0 Å². The van der Waals surface area contributed by atoms with Gasteiger partial charge in [0.1, 0.15) is 0 Å². The topological polar surface area (TPSA) is 18.5 Å². The van der Waals surface area contributed by atoms with Gasteiger partial charge in [0.05, 0.1) is 0 Å². The molecule has 1 aromatic carbocycles. The lowest BCUT2D eigenvalue weighted by molar-refractivity contribution is 0.163. The van der Waals surface area contributed by atoms with Crippen LogP contribution >= 0.6 is 12.2 Å². The molecule has 1 aliphatic heterocycles. The molecule has 0 bridgehead atoms. The first-order chi connectivity index (χ1) is 11.2. The number of aryl methyl sites for hydroxylation is 1. The zero-order valence-electron chi connectivity index (χ0n) is 14.8. The standard InChI is InChI=1S/C19H31N3S/c1-4-6-13-21(3)17-11-14-22(15-12-17)19(23)20-18-10-8-7-9-16(18)5-2/h7-10,17H,4-6,11-15H2,1-3H3,(H,20,23). The molecule has 0 spiro atoms. The number of likely N-dealkylation sites (tertiary alicyclic amines) is 1. The van der Waals surface area contributed by atoms with Crippen LogP contribution in [0.3, 0.4) is 0 Å². The fourth-order valence-corrected chi connectivity index (χ4v) is 3.54. The number of nitrogens with one attached hydrogen (secondary N) is 1. The maximum absolute atomic E-state index is 5.64. The largest absolute Gasteiger partial charge is 0.349 e. The molecule has 4 heteroatoms. The lowest BCUT2D eigenvalue weighted by Crippen LogP contribution is -2.47. The van der Waals surface area contributed by atoms with E-state index in [0.717, 1.165) is 30.3 Å². The van der Waals surface area contributed by atoms with Crippen molar-refractivity contribution in [2.75, 3.05) is 32.0 Å². The zero-order chi connectivity index (χ0) is 16.7. The highest BCUT2D eigenvalue weighted by molar-refractivity contribution is 7.80. The van der Waals surface area contributed by atoms with Crippen molar-refractivity contribution < 1.29 is 0 Å².